The molecule has 0 bridgehead atoms. The molecule has 20 heavy (non-hydrogen) atoms. The summed E-state index contributed by atoms with van der Waals surface area (Å²) in [7, 11) is -0.721. The van der Waals surface area contributed by atoms with Gasteiger partial charge in [-0.15, -0.1) is 0 Å². The quantitative estimate of drug-likeness (QED) is 0.673. The summed E-state index contributed by atoms with van der Waals surface area (Å²) in [5.41, 5.74) is 0. The molecule has 116 valence electrons. The van der Waals surface area contributed by atoms with Crippen molar-refractivity contribution in [1.82, 2.24) is 9.21 Å². The number of likely N-dealkylation sites (N-methyl/N-ethyl adjacent to an activating group) is 1. The van der Waals surface area contributed by atoms with Gasteiger partial charge in [0.1, 0.15) is 6.04 Å². The van der Waals surface area contributed by atoms with E-state index >= 15 is 0 Å². The molecule has 8 nitrogen and oxygen atoms in total. The van der Waals surface area contributed by atoms with Crippen molar-refractivity contribution < 1.29 is 27.9 Å². The van der Waals surface area contributed by atoms with E-state index in [0.29, 0.717) is 0 Å². The standard InChI is InChI=1S/C11H20N2O6S/c1-4-20(17,18)12(2)7-10(14)13-6-8(19-3)5-9(13)11(15)16/h8-9H,4-7H2,1-3H3,(H,15,16). The van der Waals surface area contributed by atoms with Crippen LogP contribution in [0.15, 0.2) is 0 Å². The van der Waals surface area contributed by atoms with Crippen molar-refractivity contribution in [2.45, 2.75) is 25.5 Å². The van der Waals surface area contributed by atoms with Crippen LogP contribution in [0.4, 0.5) is 0 Å². The van der Waals surface area contributed by atoms with Crippen LogP contribution in [0.25, 0.3) is 0 Å². The summed E-state index contributed by atoms with van der Waals surface area (Å²) in [4.78, 5) is 24.4. The maximum Gasteiger partial charge on any atom is 0.326 e. The highest BCUT2D eigenvalue weighted by atomic mass is 32.2. The average molecular weight is 308 g/mol. The summed E-state index contributed by atoms with van der Waals surface area (Å²) < 4.78 is 29.2. The van der Waals surface area contributed by atoms with Gasteiger partial charge in [-0.25, -0.2) is 13.2 Å². The second-order valence-corrected chi connectivity index (χ2v) is 7.01. The molecule has 1 fully saturated rings. The van der Waals surface area contributed by atoms with E-state index in [0.717, 1.165) is 9.21 Å². The first-order chi connectivity index (χ1) is 9.22. The highest BCUT2D eigenvalue weighted by Crippen LogP contribution is 2.20. The lowest BCUT2D eigenvalue weighted by Gasteiger charge is -2.24. The van der Waals surface area contributed by atoms with Gasteiger partial charge in [0.15, 0.2) is 0 Å². The van der Waals surface area contributed by atoms with Gasteiger partial charge in [0.05, 0.1) is 18.4 Å². The number of hydrogen-bond acceptors (Lipinski definition) is 5. The minimum absolute atomic E-state index is 0.111. The predicted octanol–water partition coefficient (Wildman–Crippen LogP) is -1.03. The van der Waals surface area contributed by atoms with Crippen molar-refractivity contribution in [2.24, 2.45) is 0 Å². The smallest absolute Gasteiger partial charge is 0.326 e. The van der Waals surface area contributed by atoms with Gasteiger partial charge in [-0.1, -0.05) is 0 Å². The van der Waals surface area contributed by atoms with E-state index in [9.17, 15) is 18.0 Å². The van der Waals surface area contributed by atoms with Gasteiger partial charge in [0, 0.05) is 27.1 Å². The van der Waals surface area contributed by atoms with E-state index in [1.807, 2.05) is 0 Å². The third-order valence-corrected chi connectivity index (χ3v) is 5.21. The number of hydrogen-bond donors (Lipinski definition) is 1. The van der Waals surface area contributed by atoms with Crippen LogP contribution in [-0.2, 0) is 24.3 Å². The molecule has 0 radical (unpaired) electrons. The Kier molecular flexibility index (Phi) is 5.49. The summed E-state index contributed by atoms with van der Waals surface area (Å²) in [6.45, 7) is 1.27. The Morgan fingerprint density at radius 2 is 2.05 bits per heavy atom. The van der Waals surface area contributed by atoms with Crippen molar-refractivity contribution in [3.05, 3.63) is 0 Å². The first-order valence-electron chi connectivity index (χ1n) is 6.22. The molecule has 9 heteroatoms. The van der Waals surface area contributed by atoms with Crippen LogP contribution in [0.3, 0.4) is 0 Å². The molecule has 1 aliphatic rings. The van der Waals surface area contributed by atoms with Gasteiger partial charge in [-0.3, -0.25) is 4.79 Å². The Morgan fingerprint density at radius 1 is 1.45 bits per heavy atom. The van der Waals surface area contributed by atoms with Crippen molar-refractivity contribution in [2.75, 3.05) is 33.0 Å². The Balaban J connectivity index is 2.78. The zero-order valence-electron chi connectivity index (χ0n) is 11.8. The highest BCUT2D eigenvalue weighted by molar-refractivity contribution is 7.89. The number of amides is 1. The first-order valence-corrected chi connectivity index (χ1v) is 7.83. The van der Waals surface area contributed by atoms with E-state index in [2.05, 4.69) is 0 Å². The number of methoxy groups -OCH3 is 1. The van der Waals surface area contributed by atoms with E-state index < -0.39 is 27.9 Å². The zero-order valence-corrected chi connectivity index (χ0v) is 12.6. The number of carboxylic acid groups (broad SMARTS) is 1. The lowest BCUT2D eigenvalue weighted by Crippen LogP contribution is -2.46. The normalized spacial score (nSPS) is 23.3. The minimum Gasteiger partial charge on any atom is -0.480 e. The molecular weight excluding hydrogens is 288 g/mol. The summed E-state index contributed by atoms with van der Waals surface area (Å²) in [5, 5.41) is 9.10. The Morgan fingerprint density at radius 3 is 2.50 bits per heavy atom. The Hall–Kier alpha value is -1.19. The highest BCUT2D eigenvalue weighted by Gasteiger charge is 2.40. The van der Waals surface area contributed by atoms with Crippen LogP contribution in [-0.4, -0.2) is 79.8 Å². The molecule has 1 amide bonds. The second kappa shape index (κ2) is 6.51. The Labute approximate surface area is 118 Å². The fraction of sp³-hybridized carbons (Fsp3) is 0.818. The van der Waals surface area contributed by atoms with Crippen molar-refractivity contribution in [3.8, 4) is 0 Å². The number of carbonyl (C=O) groups is 2. The molecule has 0 aliphatic carbocycles. The average Bonchev–Trinajstić information content (AvgIpc) is 2.82. The second-order valence-electron chi connectivity index (χ2n) is 4.65. The maximum absolute atomic E-state index is 12.1. The topological polar surface area (TPSA) is 104 Å². The third-order valence-electron chi connectivity index (χ3n) is 3.40. The molecule has 0 saturated carbocycles. The summed E-state index contributed by atoms with van der Waals surface area (Å²) in [5.74, 6) is -1.75. The van der Waals surface area contributed by atoms with Crippen LogP contribution in [0.2, 0.25) is 0 Å². The first kappa shape index (κ1) is 16.9. The van der Waals surface area contributed by atoms with E-state index in [1.54, 1.807) is 0 Å². The number of sulfonamides is 1. The van der Waals surface area contributed by atoms with Crippen LogP contribution in [0.5, 0.6) is 0 Å². The molecule has 0 aromatic carbocycles. The van der Waals surface area contributed by atoms with Crippen LogP contribution in [0.1, 0.15) is 13.3 Å². The number of likely N-dealkylation sites (tertiary alicyclic amines) is 1. The van der Waals surface area contributed by atoms with Gasteiger partial charge in [-0.2, -0.15) is 4.31 Å². The van der Waals surface area contributed by atoms with Gasteiger partial charge in [-0.05, 0) is 6.92 Å². The van der Waals surface area contributed by atoms with Crippen molar-refractivity contribution >= 4 is 21.9 Å². The zero-order chi connectivity index (χ0) is 15.5. The summed E-state index contributed by atoms with van der Waals surface area (Å²) >= 11 is 0. The van der Waals surface area contributed by atoms with Crippen LogP contribution < -0.4 is 0 Å². The molecule has 2 unspecified atom stereocenters. The van der Waals surface area contributed by atoms with Gasteiger partial charge in [0.25, 0.3) is 0 Å². The molecule has 1 N–H and O–H groups in total. The fourth-order valence-corrected chi connectivity index (χ4v) is 2.83. The SMILES string of the molecule is CCS(=O)(=O)N(C)CC(=O)N1CC(OC)CC1C(=O)O. The minimum atomic E-state index is -3.47. The predicted molar refractivity (Wildman–Crippen MR) is 70.6 cm³/mol. The number of rotatable bonds is 6. The van der Waals surface area contributed by atoms with Crippen LogP contribution in [0, 0.1) is 0 Å². The lowest BCUT2D eigenvalue weighted by atomic mass is 10.2. The number of nitrogens with zero attached hydrogens (tertiary/aromatic N) is 2. The number of aliphatic carboxylic acids is 1. The van der Waals surface area contributed by atoms with Crippen molar-refractivity contribution in [3.63, 3.8) is 0 Å². The molecule has 0 aromatic heterocycles. The summed E-state index contributed by atoms with van der Waals surface area (Å²) in [6.07, 6.45) is -0.130. The number of carboxylic acids is 1. The molecule has 1 rings (SSSR count). The molecule has 1 aliphatic heterocycles. The van der Waals surface area contributed by atoms with Gasteiger partial charge >= 0.3 is 5.97 Å². The Bertz CT molecular complexity index is 477. The third kappa shape index (κ3) is 3.68. The molecule has 1 heterocycles. The fourth-order valence-electron chi connectivity index (χ4n) is 2.08. The molecule has 2 atom stereocenters. The molecular formula is C11H20N2O6S. The van der Waals surface area contributed by atoms with Crippen LogP contribution >= 0.6 is 0 Å². The molecule has 0 aromatic rings. The monoisotopic (exact) mass is 308 g/mol. The largest absolute Gasteiger partial charge is 0.480 e. The van der Waals surface area contributed by atoms with Crippen molar-refractivity contribution in [1.29, 1.82) is 0 Å². The van der Waals surface area contributed by atoms with Gasteiger partial charge in [0.2, 0.25) is 15.9 Å². The molecule has 0 spiro atoms. The van der Waals surface area contributed by atoms with E-state index in [-0.39, 0.29) is 31.4 Å². The lowest BCUT2D eigenvalue weighted by molar-refractivity contribution is -0.148. The van der Waals surface area contributed by atoms with Gasteiger partial charge < -0.3 is 14.7 Å². The molecule has 1 saturated heterocycles. The number of ether oxygens (including phenoxy) is 1. The van der Waals surface area contributed by atoms with E-state index in [1.165, 1.54) is 21.1 Å². The summed E-state index contributed by atoms with van der Waals surface area (Å²) in [6, 6.07) is -0.967. The maximum atomic E-state index is 12.1. The number of carbonyl (C=O) groups excluding carboxylic acids is 1. The van der Waals surface area contributed by atoms with E-state index in [4.69, 9.17) is 9.84 Å².